The van der Waals surface area contributed by atoms with Crippen molar-refractivity contribution in [2.24, 2.45) is 5.10 Å². The molecule has 0 fully saturated rings. The Morgan fingerprint density at radius 1 is 1.19 bits per heavy atom. The van der Waals surface area contributed by atoms with E-state index in [9.17, 15) is 0 Å². The number of aromatic amines is 1. The van der Waals surface area contributed by atoms with Crippen LogP contribution < -0.4 is 10.2 Å². The fourth-order valence-electron chi connectivity index (χ4n) is 2.66. The predicted octanol–water partition coefficient (Wildman–Crippen LogP) is 4.03. The molecule has 0 bridgehead atoms. The van der Waals surface area contributed by atoms with Gasteiger partial charge in [0.1, 0.15) is 11.3 Å². The average Bonchev–Trinajstić information content (AvgIpc) is 2.99. The van der Waals surface area contributed by atoms with Crippen LogP contribution in [0.4, 0.5) is 5.95 Å². The van der Waals surface area contributed by atoms with Gasteiger partial charge in [-0.3, -0.25) is 0 Å². The van der Waals surface area contributed by atoms with Gasteiger partial charge < -0.3 is 9.72 Å². The van der Waals surface area contributed by atoms with Crippen LogP contribution in [-0.4, -0.2) is 33.5 Å². The minimum absolute atomic E-state index is 0.324. The molecule has 2 aromatic heterocycles. The molecule has 130 valence electrons. The first-order chi connectivity index (χ1) is 12.6. The summed E-state index contributed by atoms with van der Waals surface area (Å²) < 4.78 is 6.07. The van der Waals surface area contributed by atoms with Gasteiger partial charge in [-0.05, 0) is 58.7 Å². The Labute approximate surface area is 157 Å². The van der Waals surface area contributed by atoms with Crippen molar-refractivity contribution >= 4 is 50.2 Å². The summed E-state index contributed by atoms with van der Waals surface area (Å²) in [5, 5.41) is 13.5. The van der Waals surface area contributed by atoms with Crippen LogP contribution in [0, 0.1) is 6.92 Å². The minimum Gasteiger partial charge on any atom is -0.496 e. The second kappa shape index (κ2) is 6.72. The summed E-state index contributed by atoms with van der Waals surface area (Å²) in [6, 6.07) is 11.8. The Hall–Kier alpha value is -3.00. The van der Waals surface area contributed by atoms with Crippen molar-refractivity contribution in [2.75, 3.05) is 12.5 Å². The lowest BCUT2D eigenvalue weighted by Gasteiger charge is -2.03. The highest BCUT2D eigenvalue weighted by Gasteiger charge is 2.09. The van der Waals surface area contributed by atoms with E-state index in [4.69, 9.17) is 4.74 Å². The molecule has 26 heavy (non-hydrogen) atoms. The second-order valence-corrected chi connectivity index (χ2v) is 6.62. The molecule has 0 saturated carbocycles. The van der Waals surface area contributed by atoms with E-state index in [1.54, 1.807) is 13.3 Å². The normalized spacial score (nSPS) is 11.5. The molecule has 0 radical (unpaired) electrons. The lowest BCUT2D eigenvalue weighted by molar-refractivity contribution is 0.412. The molecule has 0 saturated heterocycles. The number of anilines is 1. The number of halogens is 1. The molecule has 2 aromatic carbocycles. The Balaban J connectivity index is 1.57. The molecule has 7 nitrogen and oxygen atoms in total. The lowest BCUT2D eigenvalue weighted by Crippen LogP contribution is -1.99. The van der Waals surface area contributed by atoms with Crippen molar-refractivity contribution < 1.29 is 4.74 Å². The smallest absolute Gasteiger partial charge is 0.265 e. The average molecular weight is 411 g/mol. The highest BCUT2D eigenvalue weighted by Crippen LogP contribution is 2.25. The summed E-state index contributed by atoms with van der Waals surface area (Å²) in [6.45, 7) is 2.04. The van der Waals surface area contributed by atoms with Crippen LogP contribution >= 0.6 is 15.9 Å². The number of nitrogens with one attached hydrogen (secondary N) is 2. The number of nitrogens with zero attached hydrogens (tertiary/aromatic N) is 4. The van der Waals surface area contributed by atoms with Crippen LogP contribution in [0.15, 0.2) is 46.0 Å². The fourth-order valence-corrected chi connectivity index (χ4v) is 3.22. The molecule has 0 aliphatic heterocycles. The van der Waals surface area contributed by atoms with E-state index in [2.05, 4.69) is 52.7 Å². The van der Waals surface area contributed by atoms with Gasteiger partial charge in [0, 0.05) is 10.9 Å². The van der Waals surface area contributed by atoms with Crippen LogP contribution in [-0.2, 0) is 0 Å². The van der Waals surface area contributed by atoms with Crippen molar-refractivity contribution in [2.45, 2.75) is 6.92 Å². The van der Waals surface area contributed by atoms with Crippen molar-refractivity contribution in [1.82, 2.24) is 20.2 Å². The van der Waals surface area contributed by atoms with E-state index in [0.29, 0.717) is 11.6 Å². The molecule has 0 unspecified atom stereocenters. The molecule has 2 heterocycles. The zero-order chi connectivity index (χ0) is 18.1. The van der Waals surface area contributed by atoms with Crippen LogP contribution in [0.3, 0.4) is 0 Å². The summed E-state index contributed by atoms with van der Waals surface area (Å²) >= 11 is 3.45. The number of H-pyrrole nitrogens is 1. The lowest BCUT2D eigenvalue weighted by atomic mass is 10.2. The number of aromatic nitrogens is 4. The number of benzene rings is 2. The number of fused-ring (bicyclic) bond motifs is 3. The van der Waals surface area contributed by atoms with Gasteiger partial charge in [0.2, 0.25) is 0 Å². The zero-order valence-electron chi connectivity index (χ0n) is 14.1. The van der Waals surface area contributed by atoms with Crippen LogP contribution in [0.2, 0.25) is 0 Å². The molecule has 4 rings (SSSR count). The van der Waals surface area contributed by atoms with Crippen molar-refractivity contribution in [3.63, 3.8) is 0 Å². The van der Waals surface area contributed by atoms with Gasteiger partial charge in [-0.25, -0.2) is 5.43 Å². The molecule has 0 atom stereocenters. The number of rotatable bonds is 4. The van der Waals surface area contributed by atoms with Gasteiger partial charge >= 0.3 is 0 Å². The van der Waals surface area contributed by atoms with E-state index in [0.717, 1.165) is 37.8 Å². The standard InChI is InChI=1S/C18H15BrN6O/c1-10-3-5-14-12(7-10)16-17(21-14)22-18(25-23-16)24-20-9-11-4-6-15(26-2)13(19)8-11/h3-9H,1-2H3,(H2,21,22,24,25)/b20-9+. The SMILES string of the molecule is COc1ccc(/C=N/Nc2nnc3c(n2)[nH]c2ccc(C)cc23)cc1Br. The first-order valence-corrected chi connectivity index (χ1v) is 8.69. The number of methoxy groups -OCH3 is 1. The van der Waals surface area contributed by atoms with Gasteiger partial charge in [0.15, 0.2) is 5.65 Å². The van der Waals surface area contributed by atoms with Crippen LogP contribution in [0.5, 0.6) is 5.75 Å². The van der Waals surface area contributed by atoms with Crippen molar-refractivity contribution in [1.29, 1.82) is 0 Å². The van der Waals surface area contributed by atoms with Crippen molar-refractivity contribution in [3.05, 3.63) is 52.0 Å². The Bertz CT molecular complexity index is 1140. The first kappa shape index (κ1) is 16.5. The van der Waals surface area contributed by atoms with E-state index < -0.39 is 0 Å². The summed E-state index contributed by atoms with van der Waals surface area (Å²) in [7, 11) is 1.63. The molecule has 0 aliphatic carbocycles. The molecular formula is C18H15BrN6O. The maximum atomic E-state index is 5.21. The van der Waals surface area contributed by atoms with Gasteiger partial charge in [0.25, 0.3) is 5.95 Å². The van der Waals surface area contributed by atoms with Gasteiger partial charge in [-0.15, -0.1) is 10.2 Å². The van der Waals surface area contributed by atoms with Gasteiger partial charge in [0.05, 0.1) is 17.8 Å². The first-order valence-electron chi connectivity index (χ1n) is 7.89. The number of hydrogen-bond donors (Lipinski definition) is 2. The van der Waals surface area contributed by atoms with E-state index in [1.165, 1.54) is 0 Å². The van der Waals surface area contributed by atoms with Crippen LogP contribution in [0.1, 0.15) is 11.1 Å². The van der Waals surface area contributed by atoms with E-state index in [1.807, 2.05) is 37.3 Å². The number of hydrazone groups is 1. The van der Waals surface area contributed by atoms with Crippen LogP contribution in [0.25, 0.3) is 22.1 Å². The highest BCUT2D eigenvalue weighted by atomic mass is 79.9. The summed E-state index contributed by atoms with van der Waals surface area (Å²) in [5.74, 6) is 1.09. The third kappa shape index (κ3) is 3.11. The second-order valence-electron chi connectivity index (χ2n) is 5.77. The van der Waals surface area contributed by atoms with Gasteiger partial charge in [-0.1, -0.05) is 11.6 Å². The maximum Gasteiger partial charge on any atom is 0.265 e. The Kier molecular flexibility index (Phi) is 4.26. The number of aryl methyl sites for hydroxylation is 1. The Morgan fingerprint density at radius 2 is 2.08 bits per heavy atom. The number of hydrogen-bond acceptors (Lipinski definition) is 6. The minimum atomic E-state index is 0.324. The third-order valence-corrected chi connectivity index (χ3v) is 4.54. The third-order valence-electron chi connectivity index (χ3n) is 3.92. The topological polar surface area (TPSA) is 88.1 Å². The Morgan fingerprint density at radius 3 is 2.88 bits per heavy atom. The van der Waals surface area contributed by atoms with E-state index in [-0.39, 0.29) is 0 Å². The molecule has 0 spiro atoms. The van der Waals surface area contributed by atoms with Gasteiger partial charge in [-0.2, -0.15) is 10.1 Å². The highest BCUT2D eigenvalue weighted by molar-refractivity contribution is 9.10. The largest absolute Gasteiger partial charge is 0.496 e. The summed E-state index contributed by atoms with van der Waals surface area (Å²) in [4.78, 5) is 7.68. The molecule has 2 N–H and O–H groups in total. The monoisotopic (exact) mass is 410 g/mol. The summed E-state index contributed by atoms with van der Waals surface area (Å²) in [6.07, 6.45) is 1.67. The molecule has 8 heteroatoms. The zero-order valence-corrected chi connectivity index (χ0v) is 15.7. The predicted molar refractivity (Wildman–Crippen MR) is 106 cm³/mol. The molecule has 4 aromatic rings. The van der Waals surface area contributed by atoms with Crippen molar-refractivity contribution in [3.8, 4) is 5.75 Å². The molecule has 0 aliphatic rings. The maximum absolute atomic E-state index is 5.21. The molecule has 0 amide bonds. The quantitative estimate of drug-likeness (QED) is 0.391. The molecular weight excluding hydrogens is 396 g/mol. The fraction of sp³-hybridized carbons (Fsp3) is 0.111. The van der Waals surface area contributed by atoms with E-state index >= 15 is 0 Å². The summed E-state index contributed by atoms with van der Waals surface area (Å²) in [5.41, 5.74) is 7.28. The number of ether oxygens (including phenoxy) is 1.